The molecule has 0 spiro atoms. The minimum atomic E-state index is -0.753. The molecule has 2 fully saturated rings. The van der Waals surface area contributed by atoms with Gasteiger partial charge in [-0.2, -0.15) is 0 Å². The molecule has 0 bridgehead atoms. The van der Waals surface area contributed by atoms with Gasteiger partial charge in [0.2, 0.25) is 11.6 Å². The molecule has 0 saturated heterocycles. The van der Waals surface area contributed by atoms with E-state index in [-0.39, 0.29) is 39.6 Å². The van der Waals surface area contributed by atoms with Crippen molar-refractivity contribution in [1.82, 2.24) is 9.97 Å². The van der Waals surface area contributed by atoms with Crippen molar-refractivity contribution in [3.8, 4) is 11.1 Å². The first-order valence-electron chi connectivity index (χ1n) is 13.8. The number of pyridine rings is 2. The summed E-state index contributed by atoms with van der Waals surface area (Å²) in [5.41, 5.74) is 2.35. The quantitative estimate of drug-likeness (QED) is 0.311. The van der Waals surface area contributed by atoms with Gasteiger partial charge in [0.1, 0.15) is 0 Å². The number of aromatic nitrogens is 2. The Bertz CT molecular complexity index is 1050. The Morgan fingerprint density at radius 2 is 0.795 bits per heavy atom. The molecule has 2 aromatic heterocycles. The van der Waals surface area contributed by atoms with Gasteiger partial charge in [0.15, 0.2) is 11.5 Å². The first-order valence-corrected chi connectivity index (χ1v) is 13.8. The van der Waals surface area contributed by atoms with Crippen LogP contribution < -0.4 is 0 Å². The third kappa shape index (κ3) is 15.8. The van der Waals surface area contributed by atoms with Crippen LogP contribution in [0.15, 0.2) is 72.7 Å². The molecule has 2 saturated carbocycles. The molecule has 2 N–H and O–H groups in total. The summed E-state index contributed by atoms with van der Waals surface area (Å²) in [6.45, 7) is 13.1. The monoisotopic (exact) mass is 948 g/mol. The van der Waals surface area contributed by atoms with Gasteiger partial charge in [-0.05, 0) is 122 Å². The summed E-state index contributed by atoms with van der Waals surface area (Å²) >= 11 is 0. The van der Waals surface area contributed by atoms with Gasteiger partial charge < -0.3 is 10.2 Å². The van der Waals surface area contributed by atoms with Crippen LogP contribution in [0.25, 0.3) is 11.1 Å². The summed E-state index contributed by atoms with van der Waals surface area (Å²) in [5.74, 6) is 4.05. The van der Waals surface area contributed by atoms with Gasteiger partial charge in [0.25, 0.3) is 0 Å². The Morgan fingerprint density at radius 3 is 1.05 bits per heavy atom. The molecule has 3 aliphatic carbocycles. The molecule has 5 rings (SSSR count). The fourth-order valence-corrected chi connectivity index (χ4v) is 3.53. The molecule has 230 valence electrons. The number of allylic oxidation sites excluding steroid dienone is 2. The van der Waals surface area contributed by atoms with E-state index >= 15 is 0 Å². The number of aliphatic hydroxyl groups is 2. The number of rotatable bonds is 3. The number of hydrogen-bond acceptors (Lipinski definition) is 6. The second-order valence-electron chi connectivity index (χ2n) is 10.4. The fourth-order valence-electron chi connectivity index (χ4n) is 3.53. The van der Waals surface area contributed by atoms with Gasteiger partial charge in [0, 0.05) is 36.9 Å². The predicted octanol–water partition coefficient (Wildman–Crippen LogP) is 7.44. The number of nitrogens with zero attached hydrogens (tertiary/aromatic N) is 2. The molecule has 0 atom stereocenters. The van der Waals surface area contributed by atoms with Crippen molar-refractivity contribution in [2.45, 2.75) is 41.5 Å². The first kappa shape index (κ1) is 42.0. The third-order valence-electron chi connectivity index (χ3n) is 6.22. The molecule has 12 radical (unpaired) electrons. The minimum absolute atomic E-state index is 0. The molecule has 6 nitrogen and oxygen atoms in total. The Morgan fingerprint density at radius 1 is 0.523 bits per heavy atom. The molecule has 3 aliphatic rings. The van der Waals surface area contributed by atoms with E-state index < -0.39 is 23.1 Å². The molecule has 0 unspecified atom stereocenters. The van der Waals surface area contributed by atoms with Crippen LogP contribution in [-0.4, -0.2) is 31.7 Å². The molecule has 44 heavy (non-hydrogen) atoms. The molecule has 0 amide bonds. The van der Waals surface area contributed by atoms with Crippen molar-refractivity contribution in [3.05, 3.63) is 148 Å². The van der Waals surface area contributed by atoms with E-state index in [9.17, 15) is 9.59 Å². The zero-order chi connectivity index (χ0) is 31.1. The van der Waals surface area contributed by atoms with Gasteiger partial charge in [0.05, 0.1) is 0 Å². The molecule has 0 aliphatic heterocycles. The average Bonchev–Trinajstić information content (AvgIpc) is 2.99. The number of carbonyl (C=O) groups excluding carboxylic acids is 2. The average molecular weight is 945 g/mol. The maximum atomic E-state index is 10.4. The zero-order valence-electron chi connectivity index (χ0n) is 25.9. The summed E-state index contributed by atoms with van der Waals surface area (Å²) < 4.78 is 0. The van der Waals surface area contributed by atoms with Gasteiger partial charge in [-0.3, -0.25) is 19.6 Å². The first-order chi connectivity index (χ1) is 20.0. The van der Waals surface area contributed by atoms with E-state index in [1.54, 1.807) is 24.8 Å². The van der Waals surface area contributed by atoms with Gasteiger partial charge >= 0.3 is 39.6 Å². The van der Waals surface area contributed by atoms with Gasteiger partial charge in [-0.15, -0.1) is 0 Å². The number of hydrogen-bond donors (Lipinski definition) is 2. The van der Waals surface area contributed by atoms with E-state index in [0.29, 0.717) is 24.0 Å². The predicted molar refractivity (Wildman–Crippen MR) is 167 cm³/mol. The Kier molecular flexibility index (Phi) is 21.5. The summed E-state index contributed by atoms with van der Waals surface area (Å²) in [6.07, 6.45) is 25.9. The molecule has 8 heteroatoms. The largest absolute Gasteiger partial charge is 2.00 e. The van der Waals surface area contributed by atoms with E-state index in [1.165, 1.54) is 34.8 Å². The summed E-state index contributed by atoms with van der Waals surface area (Å²) in [6, 6.07) is 7.93. The van der Waals surface area contributed by atoms with Crippen LogP contribution in [0, 0.1) is 86.9 Å². The normalized spacial score (nSPS) is 17.7. The summed E-state index contributed by atoms with van der Waals surface area (Å²) in [7, 11) is 0. The Labute approximate surface area is 291 Å². The Balaban J connectivity index is 0.000000554. The zero-order valence-corrected chi connectivity index (χ0v) is 30.9. The third-order valence-corrected chi connectivity index (χ3v) is 6.22. The molecule has 2 heterocycles. The van der Waals surface area contributed by atoms with Gasteiger partial charge in [-0.1, -0.05) is 41.5 Å². The van der Waals surface area contributed by atoms with Crippen LogP contribution in [0.5, 0.6) is 0 Å². The summed E-state index contributed by atoms with van der Waals surface area (Å²) in [5, 5.41) is 17.2. The van der Waals surface area contributed by atoms with E-state index in [2.05, 4.69) is 103 Å². The SMILES string of the molecule is C[C]1[CH][CH][C](C(C)C)[CH][CH]1.C[C]1[CH][CH][C](C(C)C)[CH][CH]1.O=C1C=C(O)C(=O)C=C1O.[Os+2].[Os+2].c1cc(-c2ccncc2)ccn1. The fraction of sp³-hybridized carbons (Fsp3) is 0.222. The van der Waals surface area contributed by atoms with Crippen molar-refractivity contribution < 1.29 is 59.4 Å². The van der Waals surface area contributed by atoms with Gasteiger partial charge in [-0.25, -0.2) is 0 Å². The van der Waals surface area contributed by atoms with Crippen LogP contribution in [0.3, 0.4) is 0 Å². The van der Waals surface area contributed by atoms with Crippen LogP contribution >= 0.6 is 0 Å². The molecule has 2 aromatic rings. The maximum absolute atomic E-state index is 10.4. The number of aliphatic hydroxyl groups excluding tert-OH is 2. The van der Waals surface area contributed by atoms with E-state index in [4.69, 9.17) is 10.2 Å². The molecular weight excluding hydrogens is 905 g/mol. The van der Waals surface area contributed by atoms with E-state index in [1.807, 2.05) is 24.3 Å². The van der Waals surface area contributed by atoms with Crippen molar-refractivity contribution in [2.75, 3.05) is 0 Å². The van der Waals surface area contributed by atoms with Crippen molar-refractivity contribution >= 4 is 11.6 Å². The van der Waals surface area contributed by atoms with Crippen LogP contribution in [0.4, 0.5) is 0 Å². The standard InChI is InChI=1S/C10H8N2.2C10H14.C6H4O4.2Os/c1-5-11-6-2-9(1)10-3-7-12-8-4-10;2*1-8(2)10-6-4-9(3)5-7-10;7-3-1-4(8)6(10)2-5(3)9;;/h1-8H;2*4-8H,1-3H3;1-2,7,10H;;/q;;;;2*+2. The number of carbonyl (C=O) groups is 2. The smallest absolute Gasteiger partial charge is 0.504 e. The molecular formula is C36H40N2O4Os2+4. The summed E-state index contributed by atoms with van der Waals surface area (Å²) in [4.78, 5) is 28.8. The Hall–Kier alpha value is -2.01. The van der Waals surface area contributed by atoms with Crippen LogP contribution in [0.1, 0.15) is 41.5 Å². The van der Waals surface area contributed by atoms with Crippen molar-refractivity contribution in [3.63, 3.8) is 0 Å². The van der Waals surface area contributed by atoms with E-state index in [0.717, 1.165) is 0 Å². The van der Waals surface area contributed by atoms with Crippen LogP contribution in [0.2, 0.25) is 0 Å². The maximum Gasteiger partial charge on any atom is 2.00 e. The topological polar surface area (TPSA) is 100 Å². The van der Waals surface area contributed by atoms with Crippen molar-refractivity contribution in [1.29, 1.82) is 0 Å². The number of ketones is 2. The second kappa shape index (κ2) is 22.5. The molecule has 0 aromatic carbocycles. The second-order valence-corrected chi connectivity index (χ2v) is 10.4. The minimum Gasteiger partial charge on any atom is -0.504 e. The van der Waals surface area contributed by atoms with Crippen molar-refractivity contribution in [2.24, 2.45) is 11.8 Å². The van der Waals surface area contributed by atoms with Crippen LogP contribution in [-0.2, 0) is 49.2 Å².